The Balaban J connectivity index is 1.27. The third kappa shape index (κ3) is 4.65. The number of rotatable bonds is 7. The first kappa shape index (κ1) is 18.8. The van der Waals surface area contributed by atoms with E-state index < -0.39 is 0 Å². The largest absolute Gasteiger partial charge is 0.486 e. The second-order valence-electron chi connectivity index (χ2n) is 7.47. The highest BCUT2D eigenvalue weighted by atomic mass is 16.6. The van der Waals surface area contributed by atoms with Gasteiger partial charge in [-0.2, -0.15) is 0 Å². The Morgan fingerprint density at radius 3 is 2.75 bits per heavy atom. The minimum absolute atomic E-state index is 0.109. The molecule has 28 heavy (non-hydrogen) atoms. The normalized spacial score (nSPS) is 18.8. The molecule has 1 fully saturated rings. The van der Waals surface area contributed by atoms with Crippen molar-refractivity contribution in [3.8, 4) is 11.5 Å². The molecule has 1 amide bonds. The number of aryl methyl sites for hydroxylation is 1. The molecule has 1 N–H and O–H groups in total. The molecule has 0 aromatic heterocycles. The molecule has 1 atom stereocenters. The summed E-state index contributed by atoms with van der Waals surface area (Å²) in [6.07, 6.45) is 4.13. The van der Waals surface area contributed by atoms with Gasteiger partial charge in [-0.25, -0.2) is 0 Å². The lowest BCUT2D eigenvalue weighted by Gasteiger charge is -2.26. The van der Waals surface area contributed by atoms with Crippen molar-refractivity contribution in [3.63, 3.8) is 0 Å². The lowest BCUT2D eigenvalue weighted by Crippen LogP contribution is -2.37. The maximum atomic E-state index is 12.4. The van der Waals surface area contributed by atoms with E-state index in [0.717, 1.165) is 50.3 Å². The number of carbonyl (C=O) groups excluding carboxylic acids is 1. The Hall–Kier alpha value is -2.53. The van der Waals surface area contributed by atoms with Gasteiger partial charge in [0, 0.05) is 12.6 Å². The fourth-order valence-corrected chi connectivity index (χ4v) is 4.07. The van der Waals surface area contributed by atoms with Gasteiger partial charge < -0.3 is 14.8 Å². The summed E-state index contributed by atoms with van der Waals surface area (Å²) in [6, 6.07) is 16.8. The van der Waals surface area contributed by atoms with Crippen molar-refractivity contribution in [1.29, 1.82) is 0 Å². The molecule has 2 aromatic rings. The number of hydrogen-bond donors (Lipinski definition) is 1. The summed E-state index contributed by atoms with van der Waals surface area (Å²) in [7, 11) is 0. The van der Waals surface area contributed by atoms with Crippen LogP contribution in [0.4, 0.5) is 0 Å². The van der Waals surface area contributed by atoms with Crippen LogP contribution < -0.4 is 14.8 Å². The van der Waals surface area contributed by atoms with Crippen molar-refractivity contribution < 1.29 is 14.3 Å². The topological polar surface area (TPSA) is 50.8 Å². The highest BCUT2D eigenvalue weighted by Gasteiger charge is 2.28. The number of carbonyl (C=O) groups is 1. The van der Waals surface area contributed by atoms with E-state index in [0.29, 0.717) is 19.8 Å². The first-order valence-electron chi connectivity index (χ1n) is 10.2. The van der Waals surface area contributed by atoms with Crippen LogP contribution in [0.5, 0.6) is 11.5 Å². The van der Waals surface area contributed by atoms with Crippen LogP contribution in [0.2, 0.25) is 0 Å². The van der Waals surface area contributed by atoms with E-state index in [4.69, 9.17) is 9.47 Å². The zero-order valence-corrected chi connectivity index (χ0v) is 16.2. The summed E-state index contributed by atoms with van der Waals surface area (Å²) in [5, 5.41) is 3.08. The molecule has 4 rings (SSSR count). The summed E-state index contributed by atoms with van der Waals surface area (Å²) in [4.78, 5) is 14.7. The van der Waals surface area contributed by atoms with Crippen LogP contribution in [0.3, 0.4) is 0 Å². The van der Waals surface area contributed by atoms with E-state index in [2.05, 4.69) is 46.6 Å². The van der Waals surface area contributed by atoms with Crippen LogP contribution in [0.1, 0.15) is 36.4 Å². The Kier molecular flexibility index (Phi) is 6.12. The summed E-state index contributed by atoms with van der Waals surface area (Å²) < 4.78 is 11.3. The minimum Gasteiger partial charge on any atom is -0.486 e. The summed E-state index contributed by atoms with van der Waals surface area (Å²) >= 11 is 0. The Labute approximate surface area is 166 Å². The molecule has 0 bridgehead atoms. The number of likely N-dealkylation sites (tertiary alicyclic amines) is 1. The highest BCUT2D eigenvalue weighted by molar-refractivity contribution is 5.78. The number of ether oxygens (including phenoxy) is 2. The fraction of sp³-hybridized carbons (Fsp3) is 0.435. The van der Waals surface area contributed by atoms with Crippen LogP contribution in [-0.4, -0.2) is 43.7 Å². The van der Waals surface area contributed by atoms with Crippen molar-refractivity contribution in [3.05, 3.63) is 59.7 Å². The summed E-state index contributed by atoms with van der Waals surface area (Å²) in [5.74, 6) is 1.74. The van der Waals surface area contributed by atoms with Gasteiger partial charge in [-0.15, -0.1) is 0 Å². The maximum Gasteiger partial charge on any atom is 0.234 e. The van der Waals surface area contributed by atoms with Gasteiger partial charge in [0.05, 0.1) is 6.54 Å². The third-order valence-corrected chi connectivity index (χ3v) is 5.47. The molecule has 0 radical (unpaired) electrons. The Morgan fingerprint density at radius 1 is 1.07 bits per heavy atom. The monoisotopic (exact) mass is 380 g/mol. The molecule has 1 saturated heterocycles. The predicted octanol–water partition coefficient (Wildman–Crippen LogP) is 3.34. The molecule has 0 saturated carbocycles. The Morgan fingerprint density at radius 2 is 1.89 bits per heavy atom. The van der Waals surface area contributed by atoms with Crippen LogP contribution in [0.25, 0.3) is 0 Å². The second kappa shape index (κ2) is 9.11. The number of fused-ring (bicyclic) bond motifs is 1. The molecule has 2 aromatic carbocycles. The first-order chi connectivity index (χ1) is 13.8. The van der Waals surface area contributed by atoms with Crippen molar-refractivity contribution in [1.82, 2.24) is 10.2 Å². The molecular weight excluding hydrogens is 352 g/mol. The van der Waals surface area contributed by atoms with Crippen LogP contribution in [-0.2, 0) is 11.2 Å². The lowest BCUT2D eigenvalue weighted by molar-refractivity contribution is -0.122. The van der Waals surface area contributed by atoms with Gasteiger partial charge in [0.15, 0.2) is 11.5 Å². The zero-order chi connectivity index (χ0) is 19.2. The van der Waals surface area contributed by atoms with E-state index in [9.17, 15) is 4.79 Å². The van der Waals surface area contributed by atoms with Crippen LogP contribution in [0, 0.1) is 0 Å². The molecular formula is C23H28N2O3. The van der Waals surface area contributed by atoms with E-state index >= 15 is 0 Å². The van der Waals surface area contributed by atoms with Crippen molar-refractivity contribution in [2.24, 2.45) is 0 Å². The van der Waals surface area contributed by atoms with Gasteiger partial charge in [-0.1, -0.05) is 36.4 Å². The first-order valence-corrected chi connectivity index (χ1v) is 10.2. The van der Waals surface area contributed by atoms with E-state index in [1.54, 1.807) is 0 Å². The lowest BCUT2D eigenvalue weighted by atomic mass is 10.0. The zero-order valence-electron chi connectivity index (χ0n) is 16.2. The van der Waals surface area contributed by atoms with E-state index in [1.807, 2.05) is 12.1 Å². The third-order valence-electron chi connectivity index (χ3n) is 5.47. The van der Waals surface area contributed by atoms with Crippen molar-refractivity contribution in [2.45, 2.75) is 31.7 Å². The predicted molar refractivity (Wildman–Crippen MR) is 109 cm³/mol. The van der Waals surface area contributed by atoms with Gasteiger partial charge >= 0.3 is 0 Å². The summed E-state index contributed by atoms with van der Waals surface area (Å²) in [6.45, 7) is 3.32. The molecule has 5 heteroatoms. The summed E-state index contributed by atoms with van der Waals surface area (Å²) in [5.41, 5.74) is 2.52. The van der Waals surface area contributed by atoms with Gasteiger partial charge in [0.2, 0.25) is 5.91 Å². The average molecular weight is 380 g/mol. The number of hydrogen-bond acceptors (Lipinski definition) is 4. The molecule has 148 valence electrons. The molecule has 2 aliphatic heterocycles. The molecule has 5 nitrogen and oxygen atoms in total. The quantitative estimate of drug-likeness (QED) is 0.749. The molecule has 2 aliphatic rings. The average Bonchev–Trinajstić information content (AvgIpc) is 3.19. The van der Waals surface area contributed by atoms with Gasteiger partial charge in [0.25, 0.3) is 0 Å². The number of benzene rings is 2. The van der Waals surface area contributed by atoms with Crippen molar-refractivity contribution in [2.75, 3.05) is 32.8 Å². The molecule has 0 spiro atoms. The smallest absolute Gasteiger partial charge is 0.234 e. The van der Waals surface area contributed by atoms with Crippen molar-refractivity contribution >= 4 is 5.91 Å². The Bertz CT molecular complexity index is 794. The standard InChI is InChI=1S/C23H28N2O3/c26-23(24-12-4-8-18-6-2-1-3-7-18)17-25-13-5-9-20(25)19-10-11-21-22(16-19)28-15-14-27-21/h1-3,6-7,10-11,16,20H,4-5,8-9,12-15,17H2,(H,24,26)/t20-/m1/s1. The highest BCUT2D eigenvalue weighted by Crippen LogP contribution is 2.37. The molecule has 2 heterocycles. The number of nitrogens with zero attached hydrogens (tertiary/aromatic N) is 1. The second-order valence-corrected chi connectivity index (χ2v) is 7.47. The molecule has 0 unspecified atom stereocenters. The number of amides is 1. The van der Waals surface area contributed by atoms with Crippen LogP contribution >= 0.6 is 0 Å². The maximum absolute atomic E-state index is 12.4. The van der Waals surface area contributed by atoms with Gasteiger partial charge in [-0.3, -0.25) is 9.69 Å². The van der Waals surface area contributed by atoms with Crippen LogP contribution in [0.15, 0.2) is 48.5 Å². The SMILES string of the molecule is O=C(CN1CCC[C@@H]1c1ccc2c(c1)OCCO2)NCCCc1ccccc1. The van der Waals surface area contributed by atoms with Gasteiger partial charge in [-0.05, 0) is 55.5 Å². The van der Waals surface area contributed by atoms with E-state index in [1.165, 1.54) is 11.1 Å². The fourth-order valence-electron chi connectivity index (χ4n) is 4.07. The number of nitrogens with one attached hydrogen (secondary N) is 1. The van der Waals surface area contributed by atoms with Gasteiger partial charge in [0.1, 0.15) is 13.2 Å². The minimum atomic E-state index is 0.109. The molecule has 0 aliphatic carbocycles. The van der Waals surface area contributed by atoms with E-state index in [-0.39, 0.29) is 11.9 Å².